The third-order valence-electron chi connectivity index (χ3n) is 15.8. The number of hydrogen-bond donors (Lipinski definition) is 3. The molecule has 5 heterocycles. The van der Waals surface area contributed by atoms with E-state index in [0.717, 1.165) is 101 Å². The minimum atomic E-state index is -1.04. The number of benzene rings is 4. The van der Waals surface area contributed by atoms with E-state index >= 15 is 8.78 Å². The van der Waals surface area contributed by atoms with Gasteiger partial charge in [0.25, 0.3) is 5.91 Å². The Morgan fingerprint density at radius 3 is 2.36 bits per heavy atom. The normalized spacial score (nSPS) is 23.2. The maximum absolute atomic E-state index is 16.4. The lowest BCUT2D eigenvalue weighted by Gasteiger charge is -2.39. The molecule has 5 amide bonds. The van der Waals surface area contributed by atoms with E-state index in [1.54, 1.807) is 4.90 Å². The van der Waals surface area contributed by atoms with Crippen molar-refractivity contribution in [1.82, 2.24) is 33.7 Å². The quantitative estimate of drug-likeness (QED) is 0.0825. The summed E-state index contributed by atoms with van der Waals surface area (Å²) in [4.78, 5) is 57.7. The number of hydrogen-bond acceptors (Lipinski definition) is 9. The average molecular weight is 1120 g/mol. The minimum absolute atomic E-state index is 0.00617. The number of aryl methyl sites for hydroxylation is 1. The van der Waals surface area contributed by atoms with Crippen molar-refractivity contribution in [1.29, 1.82) is 0 Å². The number of carbonyl (C=O) groups excluding carboxylic acids is 4. The molecule has 0 spiro atoms. The molecule has 4 fully saturated rings. The van der Waals surface area contributed by atoms with E-state index in [9.17, 15) is 19.2 Å². The molecule has 0 bridgehead atoms. The highest BCUT2D eigenvalue weighted by Gasteiger charge is 2.61. The number of methoxy groups -OCH3 is 1. The number of anilines is 1. The van der Waals surface area contributed by atoms with Gasteiger partial charge in [0.15, 0.2) is 17.4 Å². The highest BCUT2D eigenvalue weighted by Crippen LogP contribution is 2.54. The molecule has 5 aliphatic rings. The third kappa shape index (κ3) is 9.42. The van der Waals surface area contributed by atoms with Crippen molar-refractivity contribution < 1.29 is 58.9 Å². The van der Waals surface area contributed by atoms with Crippen LogP contribution in [0, 0.1) is 23.5 Å². The summed E-state index contributed by atoms with van der Waals surface area (Å²) in [5.74, 6) is -0.894. The van der Waals surface area contributed by atoms with E-state index in [2.05, 4.69) is 47.3 Å². The summed E-state index contributed by atoms with van der Waals surface area (Å²) < 4.78 is 49.3. The van der Waals surface area contributed by atoms with E-state index in [1.807, 2.05) is 49.0 Å². The first-order valence-corrected chi connectivity index (χ1v) is 27.7. The average Bonchev–Trinajstić information content (AvgIpc) is 3.88. The van der Waals surface area contributed by atoms with E-state index < -0.39 is 54.6 Å². The largest absolute Gasteiger partial charge is 0.494 e. The summed E-state index contributed by atoms with van der Waals surface area (Å²) in [7, 11) is 4.68. The van der Waals surface area contributed by atoms with Crippen molar-refractivity contribution in [2.75, 3.05) is 58.3 Å². The molecule has 4 aromatic carbocycles. The van der Waals surface area contributed by atoms with Crippen LogP contribution in [0.3, 0.4) is 0 Å². The number of alkyl halides is 1. The van der Waals surface area contributed by atoms with Gasteiger partial charge in [-0.15, -0.1) is 3.53 Å². The van der Waals surface area contributed by atoms with Crippen LogP contribution in [0.5, 0.6) is 11.5 Å². The molecule has 3 N–H and O–H groups in total. The maximum Gasteiger partial charge on any atom is 0.443 e. The highest BCUT2D eigenvalue weighted by atomic mass is 127. The molecule has 5 aromatic rings. The van der Waals surface area contributed by atoms with E-state index in [4.69, 9.17) is 21.1 Å². The first-order valence-electron chi connectivity index (χ1n) is 25.1. The van der Waals surface area contributed by atoms with Crippen LogP contribution in [-0.2, 0) is 20.2 Å². The van der Waals surface area contributed by atoms with Crippen molar-refractivity contribution in [3.63, 3.8) is 0 Å². The number of carbonyl (C=O) groups is 4. The fraction of sp³-hybridized carbons (Fsp3) is 0.463. The summed E-state index contributed by atoms with van der Waals surface area (Å²) in [5.41, 5.74) is 3.59. The Labute approximate surface area is 434 Å². The van der Waals surface area contributed by atoms with Crippen LogP contribution in [0.4, 0.5) is 19.4 Å². The summed E-state index contributed by atoms with van der Waals surface area (Å²) in [5, 5.41) is 10.2. The molecule has 1 aromatic heterocycles. The molecular weight excluding hydrogens is 1060 g/mol. The zero-order chi connectivity index (χ0) is 50.4. The van der Waals surface area contributed by atoms with Crippen molar-refractivity contribution in [2.45, 2.75) is 86.2 Å². The Kier molecular flexibility index (Phi) is 14.5. The van der Waals surface area contributed by atoms with Gasteiger partial charge >= 0.3 is 31.1 Å². The van der Waals surface area contributed by atoms with Crippen molar-refractivity contribution in [3.8, 4) is 22.6 Å². The van der Waals surface area contributed by atoms with Gasteiger partial charge < -0.3 is 24.6 Å². The van der Waals surface area contributed by atoms with Crippen LogP contribution in [0.25, 0.3) is 22.0 Å². The van der Waals surface area contributed by atoms with Gasteiger partial charge in [0.05, 0.1) is 35.2 Å². The van der Waals surface area contributed by atoms with Crippen molar-refractivity contribution in [3.05, 3.63) is 106 Å². The van der Waals surface area contributed by atoms with E-state index in [-0.39, 0.29) is 63.4 Å². The number of ether oxygens (including phenoxy) is 2. The molecule has 0 unspecified atom stereocenters. The van der Waals surface area contributed by atoms with E-state index in [1.165, 1.54) is 37.9 Å². The number of aromatic nitrogens is 2. The van der Waals surface area contributed by atoms with Crippen molar-refractivity contribution in [2.24, 2.45) is 18.9 Å². The summed E-state index contributed by atoms with van der Waals surface area (Å²) in [6.07, 6.45) is 7.65. The molecule has 380 valence electrons. The minimum Gasteiger partial charge on any atom is -0.494 e. The number of urea groups is 1. The zero-order valence-electron chi connectivity index (χ0n) is 41.0. The number of imide groups is 1. The molecule has 72 heavy (non-hydrogen) atoms. The third-order valence-corrected chi connectivity index (χ3v) is 19.9. The number of nitrogens with zero attached hydrogens (tertiary/aromatic N) is 5. The summed E-state index contributed by atoms with van der Waals surface area (Å²) in [6.45, 7) is 6.99. The van der Waals surface area contributed by atoms with Gasteiger partial charge in [0.2, 0.25) is 11.8 Å². The van der Waals surface area contributed by atoms with Crippen LogP contribution in [0.2, 0.25) is 5.02 Å². The van der Waals surface area contributed by atoms with Crippen LogP contribution < -0.4 is 50.0 Å². The fourth-order valence-electron chi connectivity index (χ4n) is 11.7. The summed E-state index contributed by atoms with van der Waals surface area (Å²) >= 11 is 5.73. The lowest BCUT2D eigenvalue weighted by molar-refractivity contribution is -0.821. The number of piperidine rings is 2. The number of fused-ring (bicyclic) bond motifs is 2. The number of halogens is 4. The molecular formula is C54H61ClF2IN8O6+. The predicted molar refractivity (Wildman–Crippen MR) is 267 cm³/mol. The zero-order valence-corrected chi connectivity index (χ0v) is 44.0. The van der Waals surface area contributed by atoms with Crippen LogP contribution in [-0.4, -0.2) is 103 Å². The molecule has 1 aliphatic carbocycles. The lowest BCUT2D eigenvalue weighted by Crippen LogP contribution is -3.73. The first kappa shape index (κ1) is 50.2. The fourth-order valence-corrected chi connectivity index (χ4v) is 15.3. The van der Waals surface area contributed by atoms with Crippen LogP contribution in [0.1, 0.15) is 104 Å². The number of nitrogens with one attached hydrogen (secondary N) is 3. The Hall–Kier alpha value is -5.37. The van der Waals surface area contributed by atoms with Gasteiger partial charge in [-0.1, -0.05) is 48.0 Å². The number of amides is 5. The Balaban J connectivity index is 0.730. The topological polar surface area (TPSA) is 150 Å². The number of rotatable bonds is 12. The van der Waals surface area contributed by atoms with Gasteiger partial charge in [0.1, 0.15) is 11.6 Å². The standard InChI is InChI=1S/C54H60ClF2IN8O6/c1-31-45-43(29-40(56)48(55)47(45)46-39(51(68)59-2)16-17-42(71-4)49(46)57)72-54(31,36-8-6-5-7-9-36)58-61-37-13-10-34(11-14-37)52(69)65-25-18-32(19-26-65)30-64-23-20-33(21-24-64)35-12-15-38-41(28-35)63(3)62-50(38)66-27-22-44(67)60-53(66)70/h5-9,12,15-17,28-29,31-34,37,61H,10-11,13-14,18-27,30H2,1-4H3,(H-,59,60,67,68,70)/p+1/t31-,34?,37?,54-/m0/s1. The molecule has 0 radical (unpaired) electrons. The predicted octanol–water partition coefficient (Wildman–Crippen LogP) is 5.61. The molecule has 10 rings (SSSR count). The van der Waals surface area contributed by atoms with E-state index in [0.29, 0.717) is 29.8 Å². The highest BCUT2D eigenvalue weighted by molar-refractivity contribution is 6.34. The smallest absolute Gasteiger partial charge is 0.443 e. The number of likely N-dealkylation sites (tertiary alicyclic amines) is 2. The van der Waals surface area contributed by atoms with Crippen LogP contribution >= 0.6 is 11.6 Å². The Morgan fingerprint density at radius 1 is 0.931 bits per heavy atom. The molecule has 3 saturated heterocycles. The molecule has 18 heteroatoms. The van der Waals surface area contributed by atoms with Crippen molar-refractivity contribution >= 4 is 52.1 Å². The molecule has 4 aliphatic heterocycles. The van der Waals surface area contributed by atoms with Gasteiger partial charge in [-0.05, 0) is 113 Å². The summed E-state index contributed by atoms with van der Waals surface area (Å²) in [6, 6.07) is 20.1. The second kappa shape index (κ2) is 20.9. The molecule has 1 saturated carbocycles. The van der Waals surface area contributed by atoms with Crippen LogP contribution in [0.15, 0.2) is 66.7 Å². The first-order chi connectivity index (χ1) is 34.8. The monoisotopic (exact) mass is 1120 g/mol. The van der Waals surface area contributed by atoms with Gasteiger partial charge in [0, 0.05) is 86.3 Å². The Morgan fingerprint density at radius 2 is 1.67 bits per heavy atom. The lowest BCUT2D eigenvalue weighted by atomic mass is 9.84. The second-order valence-electron chi connectivity index (χ2n) is 20.0. The molecule has 2 atom stereocenters. The SMILES string of the molecule is CNC(=O)c1ccc(OC)c(F)c1-c1c(Cl)c(F)cc2c1[C@H](C)[C@@]([I+]NC1CCC(C(=O)N3CCC(CN4CCC(c5ccc6c(N7CCC(=O)NC7=O)nn(C)c6c5)CC4)CC3)CC1)(c1ccccc1)O2. The van der Waals surface area contributed by atoms with Gasteiger partial charge in [-0.25, -0.2) is 13.6 Å². The Bertz CT molecular complexity index is 2900. The van der Waals surface area contributed by atoms with Gasteiger partial charge in [-0.2, -0.15) is 5.10 Å². The molecule has 14 nitrogen and oxygen atoms in total. The van der Waals surface area contributed by atoms with Gasteiger partial charge in [-0.3, -0.25) is 29.3 Å². The maximum atomic E-state index is 16.4. The second-order valence-corrected chi connectivity index (χ2v) is 23.1.